The van der Waals surface area contributed by atoms with Crippen LogP contribution in [0.4, 0.5) is 0 Å². The fourth-order valence-corrected chi connectivity index (χ4v) is 3.16. The molecule has 116 valence electrons. The van der Waals surface area contributed by atoms with E-state index in [0.29, 0.717) is 12.6 Å². The first-order valence-corrected chi connectivity index (χ1v) is 7.84. The molecule has 2 fully saturated rings. The summed E-state index contributed by atoms with van der Waals surface area (Å²) in [5.41, 5.74) is 5.02. The Labute approximate surface area is 122 Å². The van der Waals surface area contributed by atoms with Gasteiger partial charge in [-0.2, -0.15) is 0 Å². The van der Waals surface area contributed by atoms with Crippen molar-refractivity contribution in [3.05, 3.63) is 0 Å². The first-order chi connectivity index (χ1) is 9.39. The predicted octanol–water partition coefficient (Wildman–Crippen LogP) is 0.256. The number of nitrogens with one attached hydrogen (secondary N) is 1. The lowest BCUT2D eigenvalue weighted by Gasteiger charge is -2.36. The van der Waals surface area contributed by atoms with E-state index in [1.807, 2.05) is 6.92 Å². The van der Waals surface area contributed by atoms with E-state index in [1.54, 1.807) is 0 Å². The number of nitrogens with zero attached hydrogens (tertiary/aromatic N) is 2. The van der Waals surface area contributed by atoms with E-state index in [4.69, 9.17) is 5.73 Å². The van der Waals surface area contributed by atoms with Crippen LogP contribution in [0.1, 0.15) is 32.6 Å². The summed E-state index contributed by atoms with van der Waals surface area (Å²) < 4.78 is 0. The Morgan fingerprint density at radius 2 is 1.95 bits per heavy atom. The highest BCUT2D eigenvalue weighted by atomic mass is 16.1. The average molecular weight is 282 g/mol. The molecular formula is C15H30N4O. The number of rotatable bonds is 7. The molecule has 0 spiro atoms. The number of amides is 1. The highest BCUT2D eigenvalue weighted by molar-refractivity contribution is 5.84. The van der Waals surface area contributed by atoms with E-state index in [-0.39, 0.29) is 5.91 Å². The van der Waals surface area contributed by atoms with Gasteiger partial charge in [0.2, 0.25) is 5.91 Å². The monoisotopic (exact) mass is 282 g/mol. The molecule has 2 rings (SSSR count). The first kappa shape index (κ1) is 15.7. The summed E-state index contributed by atoms with van der Waals surface area (Å²) in [6.45, 7) is 6.07. The molecule has 1 heterocycles. The Morgan fingerprint density at radius 3 is 2.45 bits per heavy atom. The number of carbonyl (C=O) groups excluding carboxylic acids is 1. The van der Waals surface area contributed by atoms with Crippen molar-refractivity contribution in [1.29, 1.82) is 0 Å². The quantitative estimate of drug-likeness (QED) is 0.703. The second kappa shape index (κ2) is 6.41. The summed E-state index contributed by atoms with van der Waals surface area (Å²) in [4.78, 5) is 16.4. The molecule has 1 unspecified atom stereocenters. The maximum Gasteiger partial charge on any atom is 0.238 e. The number of piperidine rings is 1. The van der Waals surface area contributed by atoms with Gasteiger partial charge in [-0.25, -0.2) is 0 Å². The minimum atomic E-state index is -0.596. The molecule has 0 radical (unpaired) electrons. The number of primary amides is 1. The van der Waals surface area contributed by atoms with Gasteiger partial charge in [0, 0.05) is 19.1 Å². The lowest BCUT2D eigenvalue weighted by molar-refractivity contribution is -0.124. The van der Waals surface area contributed by atoms with Crippen molar-refractivity contribution in [1.82, 2.24) is 15.1 Å². The lowest BCUT2D eigenvalue weighted by Crippen LogP contribution is -2.60. The number of hydrogen-bond donors (Lipinski definition) is 2. The van der Waals surface area contributed by atoms with Crippen molar-refractivity contribution < 1.29 is 4.79 Å². The molecule has 3 N–H and O–H groups in total. The zero-order chi connectivity index (χ0) is 14.8. The minimum absolute atomic E-state index is 0.236. The molecule has 2 aliphatic rings. The summed E-state index contributed by atoms with van der Waals surface area (Å²) in [7, 11) is 4.29. The van der Waals surface area contributed by atoms with Crippen LogP contribution < -0.4 is 11.1 Å². The maximum atomic E-state index is 11.8. The van der Waals surface area contributed by atoms with E-state index < -0.39 is 5.54 Å². The number of likely N-dealkylation sites (tertiary alicyclic amines) is 1. The van der Waals surface area contributed by atoms with Crippen molar-refractivity contribution in [2.45, 2.75) is 44.2 Å². The van der Waals surface area contributed by atoms with E-state index >= 15 is 0 Å². The van der Waals surface area contributed by atoms with Crippen LogP contribution in [0.5, 0.6) is 0 Å². The van der Waals surface area contributed by atoms with Gasteiger partial charge in [0.25, 0.3) is 0 Å². The largest absolute Gasteiger partial charge is 0.368 e. The molecule has 1 aliphatic heterocycles. The zero-order valence-electron chi connectivity index (χ0n) is 13.2. The van der Waals surface area contributed by atoms with Gasteiger partial charge in [-0.15, -0.1) is 0 Å². The molecule has 20 heavy (non-hydrogen) atoms. The highest BCUT2D eigenvalue weighted by Crippen LogP contribution is 2.23. The fraction of sp³-hybridized carbons (Fsp3) is 0.933. The number of carbonyl (C=O) groups is 1. The molecule has 5 heteroatoms. The average Bonchev–Trinajstić information content (AvgIpc) is 3.15. The van der Waals surface area contributed by atoms with Crippen LogP contribution in [0.3, 0.4) is 0 Å². The van der Waals surface area contributed by atoms with Crippen LogP contribution in [0, 0.1) is 5.92 Å². The van der Waals surface area contributed by atoms with Crippen molar-refractivity contribution >= 4 is 5.91 Å². The SMILES string of the molecule is CN1CCC(CN(C)CC(C)(NC2CC2)C(N)=O)CC1. The van der Waals surface area contributed by atoms with Gasteiger partial charge >= 0.3 is 0 Å². The van der Waals surface area contributed by atoms with Crippen LogP contribution in [-0.2, 0) is 4.79 Å². The maximum absolute atomic E-state index is 11.8. The second-order valence-corrected chi connectivity index (χ2v) is 7.06. The molecule has 1 aliphatic carbocycles. The predicted molar refractivity (Wildman–Crippen MR) is 81.5 cm³/mol. The number of hydrogen-bond acceptors (Lipinski definition) is 4. The van der Waals surface area contributed by atoms with E-state index in [2.05, 4.69) is 29.2 Å². The standard InChI is InChI=1S/C15H30N4O/c1-15(14(16)20,17-13-4-5-13)11-19(3)10-12-6-8-18(2)9-7-12/h12-13,17H,4-11H2,1-3H3,(H2,16,20). The Kier molecular flexibility index (Phi) is 5.04. The third-order valence-electron chi connectivity index (χ3n) is 4.64. The summed E-state index contributed by atoms with van der Waals surface area (Å²) in [5.74, 6) is 0.508. The highest BCUT2D eigenvalue weighted by Gasteiger charge is 2.38. The molecule has 1 saturated carbocycles. The molecule has 1 saturated heterocycles. The van der Waals surface area contributed by atoms with Crippen molar-refractivity contribution in [3.8, 4) is 0 Å². The zero-order valence-corrected chi connectivity index (χ0v) is 13.2. The second-order valence-electron chi connectivity index (χ2n) is 7.06. The van der Waals surface area contributed by atoms with Crippen LogP contribution in [0.15, 0.2) is 0 Å². The van der Waals surface area contributed by atoms with Gasteiger partial charge in [0.05, 0.1) is 0 Å². The number of likely N-dealkylation sites (N-methyl/N-ethyl adjacent to an activating group) is 1. The van der Waals surface area contributed by atoms with Crippen LogP contribution >= 0.6 is 0 Å². The third kappa shape index (κ3) is 4.43. The molecular weight excluding hydrogens is 252 g/mol. The molecule has 1 amide bonds. The Hall–Kier alpha value is -0.650. The molecule has 0 aromatic heterocycles. The third-order valence-corrected chi connectivity index (χ3v) is 4.64. The summed E-state index contributed by atoms with van der Waals surface area (Å²) in [5, 5.41) is 3.42. The summed E-state index contributed by atoms with van der Waals surface area (Å²) >= 11 is 0. The molecule has 0 aromatic carbocycles. The van der Waals surface area contributed by atoms with Crippen molar-refractivity contribution in [3.63, 3.8) is 0 Å². The van der Waals surface area contributed by atoms with Gasteiger partial charge in [-0.05, 0) is 65.7 Å². The van der Waals surface area contributed by atoms with E-state index in [0.717, 1.165) is 12.5 Å². The van der Waals surface area contributed by atoms with Crippen molar-refractivity contribution in [2.75, 3.05) is 40.3 Å². The smallest absolute Gasteiger partial charge is 0.238 e. The van der Waals surface area contributed by atoms with Crippen LogP contribution in [-0.4, -0.2) is 67.6 Å². The Morgan fingerprint density at radius 1 is 1.35 bits per heavy atom. The van der Waals surface area contributed by atoms with Gasteiger partial charge < -0.3 is 15.5 Å². The summed E-state index contributed by atoms with van der Waals surface area (Å²) in [6, 6.07) is 0.490. The molecule has 0 aromatic rings. The Balaban J connectivity index is 1.81. The van der Waals surface area contributed by atoms with Gasteiger partial charge in [-0.1, -0.05) is 0 Å². The van der Waals surface area contributed by atoms with Crippen LogP contribution in [0.2, 0.25) is 0 Å². The Bertz CT molecular complexity index is 337. The van der Waals surface area contributed by atoms with Crippen molar-refractivity contribution in [2.24, 2.45) is 11.7 Å². The minimum Gasteiger partial charge on any atom is -0.368 e. The van der Waals surface area contributed by atoms with Crippen LogP contribution in [0.25, 0.3) is 0 Å². The van der Waals surface area contributed by atoms with Gasteiger partial charge in [0.15, 0.2) is 0 Å². The summed E-state index contributed by atoms with van der Waals surface area (Å²) in [6.07, 6.45) is 4.84. The van der Waals surface area contributed by atoms with E-state index in [1.165, 1.54) is 38.8 Å². The molecule has 5 nitrogen and oxygen atoms in total. The molecule has 0 bridgehead atoms. The first-order valence-electron chi connectivity index (χ1n) is 7.84. The van der Waals surface area contributed by atoms with Gasteiger partial charge in [0.1, 0.15) is 5.54 Å². The lowest BCUT2D eigenvalue weighted by atomic mass is 9.95. The normalized spacial score (nSPS) is 24.8. The molecule has 1 atom stereocenters. The van der Waals surface area contributed by atoms with Gasteiger partial charge in [-0.3, -0.25) is 10.1 Å². The van der Waals surface area contributed by atoms with E-state index in [9.17, 15) is 4.79 Å². The number of nitrogens with two attached hydrogens (primary N) is 1. The topological polar surface area (TPSA) is 61.6 Å². The fourth-order valence-electron chi connectivity index (χ4n) is 3.16.